The number of hydrazine groups is 1. The van der Waals surface area contributed by atoms with E-state index in [1.54, 1.807) is 6.07 Å². The molecule has 3 amide bonds. The molecule has 1 aromatic heterocycles. The molecule has 1 aromatic carbocycles. The summed E-state index contributed by atoms with van der Waals surface area (Å²) in [6.07, 6.45) is 2.79. The zero-order valence-corrected chi connectivity index (χ0v) is 12.2. The predicted molar refractivity (Wildman–Crippen MR) is 78.5 cm³/mol. The summed E-state index contributed by atoms with van der Waals surface area (Å²) in [5.74, 6) is -4.07. The largest absolute Gasteiger partial charge is 0.343 e. The van der Waals surface area contributed by atoms with Gasteiger partial charge in [0.15, 0.2) is 0 Å². The fourth-order valence-electron chi connectivity index (χ4n) is 1.67. The number of benzene rings is 1. The first-order chi connectivity index (χ1) is 11.5. The fraction of sp³-hybridized carbons (Fsp3) is 0.0667. The Bertz CT molecular complexity index is 769. The van der Waals surface area contributed by atoms with Crippen LogP contribution in [0.25, 0.3) is 0 Å². The highest BCUT2D eigenvalue weighted by Gasteiger charge is 2.14. The number of rotatable bonds is 4. The Morgan fingerprint density at radius 1 is 1.04 bits per heavy atom. The minimum atomic E-state index is -1.04. The van der Waals surface area contributed by atoms with Crippen LogP contribution in [0, 0.1) is 11.6 Å². The third-order valence-electron chi connectivity index (χ3n) is 2.82. The van der Waals surface area contributed by atoms with E-state index in [1.165, 1.54) is 18.5 Å². The Morgan fingerprint density at radius 2 is 1.83 bits per heavy atom. The van der Waals surface area contributed by atoms with Gasteiger partial charge in [0.25, 0.3) is 17.7 Å². The lowest BCUT2D eigenvalue weighted by molar-refractivity contribution is -0.120. The highest BCUT2D eigenvalue weighted by Crippen LogP contribution is 2.08. The van der Waals surface area contributed by atoms with Crippen molar-refractivity contribution in [2.45, 2.75) is 0 Å². The highest BCUT2D eigenvalue weighted by atomic mass is 19.1. The minimum absolute atomic E-state index is 0.232. The molecule has 0 aliphatic carbocycles. The van der Waals surface area contributed by atoms with E-state index >= 15 is 0 Å². The number of halogens is 2. The molecule has 0 aliphatic rings. The van der Waals surface area contributed by atoms with Gasteiger partial charge in [-0.15, -0.1) is 0 Å². The van der Waals surface area contributed by atoms with E-state index in [9.17, 15) is 23.2 Å². The maximum atomic E-state index is 13.4. The maximum Gasteiger partial charge on any atom is 0.271 e. The quantitative estimate of drug-likeness (QED) is 0.711. The normalized spacial score (nSPS) is 9.92. The number of hydrogen-bond acceptors (Lipinski definition) is 4. The number of aromatic nitrogens is 1. The molecule has 3 N–H and O–H groups in total. The standard InChI is InChI=1S/C15H12F2N4O3/c16-10-3-4-11(12(17)6-10)15(24)19-8-13(22)20-21-14(23)9-2-1-5-18-7-9/h1-7H,8H2,(H,19,24)(H,20,22)(H,21,23). The zero-order chi connectivity index (χ0) is 17.5. The van der Waals surface area contributed by atoms with E-state index in [0.29, 0.717) is 6.07 Å². The second kappa shape index (κ2) is 7.77. The van der Waals surface area contributed by atoms with Crippen LogP contribution in [0.4, 0.5) is 8.78 Å². The molecule has 124 valence electrons. The first kappa shape index (κ1) is 17.0. The van der Waals surface area contributed by atoms with Gasteiger partial charge in [-0.3, -0.25) is 30.2 Å². The molecule has 0 radical (unpaired) electrons. The van der Waals surface area contributed by atoms with Crippen molar-refractivity contribution in [2.75, 3.05) is 6.54 Å². The van der Waals surface area contributed by atoms with Gasteiger partial charge in [0.05, 0.1) is 17.7 Å². The van der Waals surface area contributed by atoms with E-state index in [4.69, 9.17) is 0 Å². The maximum absolute atomic E-state index is 13.4. The molecule has 1 heterocycles. The summed E-state index contributed by atoms with van der Waals surface area (Å²) in [5.41, 5.74) is 4.04. The van der Waals surface area contributed by atoms with Crippen LogP contribution in [-0.4, -0.2) is 29.3 Å². The van der Waals surface area contributed by atoms with Crippen molar-refractivity contribution in [1.82, 2.24) is 21.2 Å². The van der Waals surface area contributed by atoms with E-state index in [1.807, 2.05) is 0 Å². The number of carbonyl (C=O) groups excluding carboxylic acids is 3. The molecular weight excluding hydrogens is 322 g/mol. The highest BCUT2D eigenvalue weighted by molar-refractivity contribution is 5.98. The van der Waals surface area contributed by atoms with Crippen molar-refractivity contribution in [3.63, 3.8) is 0 Å². The summed E-state index contributed by atoms with van der Waals surface area (Å²) in [6, 6.07) is 5.49. The van der Waals surface area contributed by atoms with Crippen molar-refractivity contribution in [1.29, 1.82) is 0 Å². The Kier molecular flexibility index (Phi) is 5.50. The third kappa shape index (κ3) is 4.57. The summed E-state index contributed by atoms with van der Waals surface area (Å²) < 4.78 is 26.2. The second-order valence-corrected chi connectivity index (χ2v) is 4.55. The van der Waals surface area contributed by atoms with Crippen LogP contribution in [0.2, 0.25) is 0 Å². The van der Waals surface area contributed by atoms with Gasteiger partial charge >= 0.3 is 0 Å². The Morgan fingerprint density at radius 3 is 2.50 bits per heavy atom. The Balaban J connectivity index is 1.80. The smallest absolute Gasteiger partial charge is 0.271 e. The van der Waals surface area contributed by atoms with Gasteiger partial charge in [-0.2, -0.15) is 0 Å². The van der Waals surface area contributed by atoms with Crippen LogP contribution in [-0.2, 0) is 4.79 Å². The summed E-state index contributed by atoms with van der Waals surface area (Å²) >= 11 is 0. The number of carbonyl (C=O) groups is 3. The Hall–Kier alpha value is -3.36. The first-order valence-corrected chi connectivity index (χ1v) is 6.70. The molecule has 2 rings (SSSR count). The molecule has 9 heteroatoms. The third-order valence-corrected chi connectivity index (χ3v) is 2.82. The van der Waals surface area contributed by atoms with E-state index < -0.39 is 41.5 Å². The summed E-state index contributed by atoms with van der Waals surface area (Å²) in [7, 11) is 0. The molecule has 0 saturated heterocycles. The van der Waals surface area contributed by atoms with Gasteiger partial charge in [0.1, 0.15) is 11.6 Å². The summed E-state index contributed by atoms with van der Waals surface area (Å²) in [5, 5.41) is 2.15. The topological polar surface area (TPSA) is 100 Å². The first-order valence-electron chi connectivity index (χ1n) is 6.70. The molecule has 0 bridgehead atoms. The van der Waals surface area contributed by atoms with Crippen molar-refractivity contribution >= 4 is 17.7 Å². The van der Waals surface area contributed by atoms with Crippen molar-refractivity contribution in [3.8, 4) is 0 Å². The summed E-state index contributed by atoms with van der Waals surface area (Å²) in [6.45, 7) is -0.511. The van der Waals surface area contributed by atoms with Gasteiger partial charge in [0.2, 0.25) is 0 Å². The van der Waals surface area contributed by atoms with Crippen LogP contribution in [0.3, 0.4) is 0 Å². The zero-order valence-electron chi connectivity index (χ0n) is 12.2. The number of nitrogens with zero attached hydrogens (tertiary/aromatic N) is 1. The van der Waals surface area contributed by atoms with Crippen LogP contribution in [0.5, 0.6) is 0 Å². The molecule has 24 heavy (non-hydrogen) atoms. The average Bonchev–Trinajstić information content (AvgIpc) is 2.58. The molecular formula is C15H12F2N4O3. The van der Waals surface area contributed by atoms with Crippen LogP contribution >= 0.6 is 0 Å². The predicted octanol–water partition coefficient (Wildman–Crippen LogP) is 0.551. The molecule has 0 saturated carbocycles. The number of pyridine rings is 1. The number of nitrogens with one attached hydrogen (secondary N) is 3. The molecule has 0 atom stereocenters. The SMILES string of the molecule is O=C(CNC(=O)c1ccc(F)cc1F)NNC(=O)c1cccnc1. The van der Waals surface area contributed by atoms with Crippen molar-refractivity contribution in [2.24, 2.45) is 0 Å². The lowest BCUT2D eigenvalue weighted by Gasteiger charge is -2.08. The second-order valence-electron chi connectivity index (χ2n) is 4.55. The van der Waals surface area contributed by atoms with Gasteiger partial charge in [-0.1, -0.05) is 0 Å². The van der Waals surface area contributed by atoms with E-state index in [0.717, 1.165) is 12.1 Å². The van der Waals surface area contributed by atoms with Gasteiger partial charge < -0.3 is 5.32 Å². The minimum Gasteiger partial charge on any atom is -0.343 e. The van der Waals surface area contributed by atoms with E-state index in [2.05, 4.69) is 21.2 Å². The Labute approximate surface area is 135 Å². The fourth-order valence-corrected chi connectivity index (χ4v) is 1.67. The molecule has 0 spiro atoms. The van der Waals surface area contributed by atoms with Crippen LogP contribution in [0.1, 0.15) is 20.7 Å². The average molecular weight is 334 g/mol. The molecule has 7 nitrogen and oxygen atoms in total. The van der Waals surface area contributed by atoms with E-state index in [-0.39, 0.29) is 5.56 Å². The van der Waals surface area contributed by atoms with Gasteiger partial charge in [0, 0.05) is 18.5 Å². The molecule has 0 unspecified atom stereocenters. The van der Waals surface area contributed by atoms with Crippen LogP contribution in [0.15, 0.2) is 42.7 Å². The van der Waals surface area contributed by atoms with Crippen molar-refractivity contribution < 1.29 is 23.2 Å². The molecule has 2 aromatic rings. The lowest BCUT2D eigenvalue weighted by Crippen LogP contribution is -2.46. The van der Waals surface area contributed by atoms with Crippen LogP contribution < -0.4 is 16.2 Å². The number of hydrogen-bond donors (Lipinski definition) is 3. The van der Waals surface area contributed by atoms with Gasteiger partial charge in [-0.25, -0.2) is 8.78 Å². The molecule has 0 aliphatic heterocycles. The van der Waals surface area contributed by atoms with Crippen molar-refractivity contribution in [3.05, 3.63) is 65.5 Å². The summed E-state index contributed by atoms with van der Waals surface area (Å²) in [4.78, 5) is 38.6. The lowest BCUT2D eigenvalue weighted by atomic mass is 10.2. The monoisotopic (exact) mass is 334 g/mol. The molecule has 0 fully saturated rings. The number of amides is 3. The van der Waals surface area contributed by atoms with Gasteiger partial charge in [-0.05, 0) is 24.3 Å².